The summed E-state index contributed by atoms with van der Waals surface area (Å²) in [6.07, 6.45) is 1.50. The number of nitrogens with one attached hydrogen (secondary N) is 1. The number of hydrogen-bond donors (Lipinski definition) is 2. The molecule has 2 amide bonds. The van der Waals surface area contributed by atoms with Gasteiger partial charge in [-0.05, 0) is 58.1 Å². The minimum Gasteiger partial charge on any atom is -0.393 e. The zero-order valence-electron chi connectivity index (χ0n) is 13.3. The van der Waals surface area contributed by atoms with Crippen LogP contribution in [-0.4, -0.2) is 35.2 Å². The van der Waals surface area contributed by atoms with E-state index in [2.05, 4.69) is 25.2 Å². The van der Waals surface area contributed by atoms with Crippen molar-refractivity contribution in [2.75, 3.05) is 13.1 Å². The molecule has 4 nitrogen and oxygen atoms in total. The number of nitrogens with zero attached hydrogens (tertiary/aromatic N) is 1. The highest BCUT2D eigenvalue weighted by molar-refractivity contribution is 7.12. The standard InChI is InChI=1S/C16H26N2O2S/c1-10-9-15(13(4)21-10)11(2)17-16(20)18-7-5-14(6-8-18)12(3)19/h9,11-12,14,19H,5-8H2,1-4H3,(H,17,20). The monoisotopic (exact) mass is 310 g/mol. The van der Waals surface area contributed by atoms with Crippen molar-refractivity contribution in [1.29, 1.82) is 0 Å². The molecule has 1 aliphatic rings. The van der Waals surface area contributed by atoms with E-state index in [0.717, 1.165) is 25.9 Å². The molecule has 1 saturated heterocycles. The highest BCUT2D eigenvalue weighted by Crippen LogP contribution is 2.26. The Morgan fingerprint density at radius 2 is 2.00 bits per heavy atom. The predicted molar refractivity (Wildman–Crippen MR) is 86.7 cm³/mol. The van der Waals surface area contributed by atoms with Gasteiger partial charge in [-0.1, -0.05) is 0 Å². The lowest BCUT2D eigenvalue weighted by Crippen LogP contribution is -2.46. The first-order valence-corrected chi connectivity index (χ1v) is 8.50. The molecule has 0 saturated carbocycles. The maximum atomic E-state index is 12.3. The van der Waals surface area contributed by atoms with Crippen molar-refractivity contribution in [3.05, 3.63) is 21.4 Å². The number of carbonyl (C=O) groups is 1. The van der Waals surface area contributed by atoms with Gasteiger partial charge in [-0.3, -0.25) is 0 Å². The highest BCUT2D eigenvalue weighted by Gasteiger charge is 2.26. The molecule has 2 heterocycles. The Kier molecular flexibility index (Phi) is 5.27. The van der Waals surface area contributed by atoms with Crippen molar-refractivity contribution in [2.45, 2.75) is 52.7 Å². The number of urea groups is 1. The second-order valence-corrected chi connectivity index (χ2v) is 7.57. The number of thiophene rings is 1. The number of aliphatic hydroxyl groups is 1. The van der Waals surface area contributed by atoms with E-state index >= 15 is 0 Å². The molecule has 1 aromatic rings. The van der Waals surface area contributed by atoms with Gasteiger partial charge in [0.25, 0.3) is 0 Å². The summed E-state index contributed by atoms with van der Waals surface area (Å²) >= 11 is 1.77. The van der Waals surface area contributed by atoms with Crippen molar-refractivity contribution < 1.29 is 9.90 Å². The van der Waals surface area contributed by atoms with Gasteiger partial charge < -0.3 is 15.3 Å². The molecule has 1 aromatic heterocycles. The van der Waals surface area contributed by atoms with E-state index in [0.29, 0.717) is 5.92 Å². The minimum atomic E-state index is -0.273. The average Bonchev–Trinajstić information content (AvgIpc) is 2.77. The van der Waals surface area contributed by atoms with Gasteiger partial charge in [-0.15, -0.1) is 11.3 Å². The smallest absolute Gasteiger partial charge is 0.317 e. The van der Waals surface area contributed by atoms with Gasteiger partial charge in [-0.25, -0.2) is 4.79 Å². The molecule has 118 valence electrons. The first kappa shape index (κ1) is 16.3. The van der Waals surface area contributed by atoms with Crippen LogP contribution in [0.5, 0.6) is 0 Å². The van der Waals surface area contributed by atoms with Crippen LogP contribution in [0.2, 0.25) is 0 Å². The zero-order valence-corrected chi connectivity index (χ0v) is 14.2. The third kappa shape index (κ3) is 3.98. The van der Waals surface area contributed by atoms with E-state index in [1.165, 1.54) is 15.3 Å². The van der Waals surface area contributed by atoms with Crippen LogP contribution in [0.3, 0.4) is 0 Å². The Morgan fingerprint density at radius 3 is 2.48 bits per heavy atom. The SMILES string of the molecule is Cc1cc(C(C)NC(=O)N2CCC(C(C)O)CC2)c(C)s1. The molecule has 1 fully saturated rings. The number of aryl methyl sites for hydroxylation is 2. The highest BCUT2D eigenvalue weighted by atomic mass is 32.1. The molecule has 21 heavy (non-hydrogen) atoms. The summed E-state index contributed by atoms with van der Waals surface area (Å²) in [5.41, 5.74) is 1.21. The lowest BCUT2D eigenvalue weighted by molar-refractivity contribution is 0.0794. The summed E-state index contributed by atoms with van der Waals surface area (Å²) in [4.78, 5) is 16.7. The van der Waals surface area contributed by atoms with Crippen LogP contribution in [0.15, 0.2) is 6.07 Å². The average molecular weight is 310 g/mol. The molecule has 0 aromatic carbocycles. The molecular formula is C16H26N2O2S. The van der Waals surface area contributed by atoms with Gasteiger partial charge in [0, 0.05) is 22.8 Å². The van der Waals surface area contributed by atoms with Gasteiger partial charge >= 0.3 is 6.03 Å². The normalized spacial score (nSPS) is 19.4. The Labute approximate surface area is 131 Å². The molecule has 0 aliphatic carbocycles. The summed E-state index contributed by atoms with van der Waals surface area (Å²) in [7, 11) is 0. The number of likely N-dealkylation sites (tertiary alicyclic amines) is 1. The molecule has 2 atom stereocenters. The second kappa shape index (κ2) is 6.79. The molecule has 0 radical (unpaired) electrons. The van der Waals surface area contributed by atoms with Crippen molar-refractivity contribution in [3.63, 3.8) is 0 Å². The fourth-order valence-electron chi connectivity index (χ4n) is 3.02. The maximum absolute atomic E-state index is 12.3. The first-order valence-electron chi connectivity index (χ1n) is 7.69. The molecule has 2 rings (SSSR count). The molecule has 2 N–H and O–H groups in total. The molecule has 2 unspecified atom stereocenters. The van der Waals surface area contributed by atoms with Crippen LogP contribution < -0.4 is 5.32 Å². The van der Waals surface area contributed by atoms with Crippen LogP contribution in [0.25, 0.3) is 0 Å². The van der Waals surface area contributed by atoms with Crippen molar-refractivity contribution in [3.8, 4) is 0 Å². The molecule has 0 spiro atoms. The fourth-order valence-corrected chi connectivity index (χ4v) is 4.04. The number of amides is 2. The van der Waals surface area contributed by atoms with E-state index in [1.807, 2.05) is 18.7 Å². The van der Waals surface area contributed by atoms with Crippen molar-refractivity contribution in [1.82, 2.24) is 10.2 Å². The number of carbonyl (C=O) groups excluding carboxylic acids is 1. The summed E-state index contributed by atoms with van der Waals surface area (Å²) in [6.45, 7) is 9.53. The molecule has 5 heteroatoms. The predicted octanol–water partition coefficient (Wildman–Crippen LogP) is 3.23. The largest absolute Gasteiger partial charge is 0.393 e. The van der Waals surface area contributed by atoms with Crippen LogP contribution >= 0.6 is 11.3 Å². The molecule has 1 aliphatic heterocycles. The van der Waals surface area contributed by atoms with Gasteiger partial charge in [0.2, 0.25) is 0 Å². The Hall–Kier alpha value is -1.07. The van der Waals surface area contributed by atoms with Crippen LogP contribution in [0, 0.1) is 19.8 Å². The van der Waals surface area contributed by atoms with Crippen LogP contribution in [0.4, 0.5) is 4.79 Å². The number of aliphatic hydroxyl groups excluding tert-OH is 1. The fraction of sp³-hybridized carbons (Fsp3) is 0.688. The summed E-state index contributed by atoms with van der Waals surface area (Å²) in [5.74, 6) is 0.327. The summed E-state index contributed by atoms with van der Waals surface area (Å²) < 4.78 is 0. The maximum Gasteiger partial charge on any atom is 0.317 e. The van der Waals surface area contributed by atoms with E-state index in [1.54, 1.807) is 11.3 Å². The van der Waals surface area contributed by atoms with E-state index in [4.69, 9.17) is 0 Å². The van der Waals surface area contributed by atoms with Crippen molar-refractivity contribution in [2.24, 2.45) is 5.92 Å². The third-order valence-electron chi connectivity index (χ3n) is 4.39. The summed E-state index contributed by atoms with van der Waals surface area (Å²) in [6, 6.07) is 2.21. The van der Waals surface area contributed by atoms with E-state index < -0.39 is 0 Å². The zero-order chi connectivity index (χ0) is 15.6. The first-order chi connectivity index (χ1) is 9.88. The second-order valence-electron chi connectivity index (χ2n) is 6.10. The Morgan fingerprint density at radius 1 is 1.38 bits per heavy atom. The Bertz CT molecular complexity index is 490. The lowest BCUT2D eigenvalue weighted by atomic mass is 9.92. The van der Waals surface area contributed by atoms with Gasteiger partial charge in [-0.2, -0.15) is 0 Å². The quantitative estimate of drug-likeness (QED) is 0.900. The van der Waals surface area contributed by atoms with E-state index in [9.17, 15) is 9.90 Å². The third-order valence-corrected chi connectivity index (χ3v) is 5.38. The van der Waals surface area contributed by atoms with Gasteiger partial charge in [0.05, 0.1) is 12.1 Å². The van der Waals surface area contributed by atoms with Crippen molar-refractivity contribution >= 4 is 17.4 Å². The topological polar surface area (TPSA) is 52.6 Å². The minimum absolute atomic E-state index is 0.00907. The number of rotatable bonds is 3. The van der Waals surface area contributed by atoms with Crippen LogP contribution in [0.1, 0.15) is 48.0 Å². The van der Waals surface area contributed by atoms with Gasteiger partial charge in [0.1, 0.15) is 0 Å². The van der Waals surface area contributed by atoms with Crippen LogP contribution in [-0.2, 0) is 0 Å². The van der Waals surface area contributed by atoms with E-state index in [-0.39, 0.29) is 18.2 Å². The number of piperidine rings is 1. The molecular weight excluding hydrogens is 284 g/mol. The molecule has 0 bridgehead atoms. The lowest BCUT2D eigenvalue weighted by Gasteiger charge is -2.34. The van der Waals surface area contributed by atoms with Gasteiger partial charge in [0.15, 0.2) is 0 Å². The summed E-state index contributed by atoms with van der Waals surface area (Å²) in [5, 5.41) is 12.7. The Balaban J connectivity index is 1.89. The number of hydrogen-bond acceptors (Lipinski definition) is 3.